The third-order valence-corrected chi connectivity index (χ3v) is 3.05. The van der Waals surface area contributed by atoms with Crippen LogP contribution in [0.4, 0.5) is 5.82 Å². The monoisotopic (exact) mass is 253 g/mol. The molecule has 0 aromatic carbocycles. The van der Waals surface area contributed by atoms with Crippen molar-refractivity contribution in [3.8, 4) is 0 Å². The minimum Gasteiger partial charge on any atom is -0.305 e. The van der Waals surface area contributed by atoms with Crippen molar-refractivity contribution in [2.24, 2.45) is 0 Å². The van der Waals surface area contributed by atoms with Gasteiger partial charge in [0, 0.05) is 6.20 Å². The van der Waals surface area contributed by atoms with E-state index in [2.05, 4.69) is 15.3 Å². The number of nitrogens with one attached hydrogen (secondary N) is 1. The van der Waals surface area contributed by atoms with Gasteiger partial charge in [-0.3, -0.25) is 4.79 Å². The fourth-order valence-corrected chi connectivity index (χ4v) is 1.95. The van der Waals surface area contributed by atoms with Crippen molar-refractivity contribution in [3.63, 3.8) is 0 Å². The molecule has 0 aliphatic carbocycles. The zero-order chi connectivity index (χ0) is 11.5. The molecule has 0 saturated heterocycles. The number of rotatable bonds is 2. The van der Waals surface area contributed by atoms with Crippen LogP contribution in [0.25, 0.3) is 0 Å². The Kier molecular flexibility index (Phi) is 3.17. The first-order valence-corrected chi connectivity index (χ1v) is 5.70. The number of carbonyl (C=O) groups excluding carboxylic acids is 1. The summed E-state index contributed by atoms with van der Waals surface area (Å²) in [6.45, 7) is 1.84. The second-order valence-corrected chi connectivity index (χ2v) is 4.67. The first-order valence-electron chi connectivity index (χ1n) is 4.51. The van der Waals surface area contributed by atoms with Gasteiger partial charge in [0.2, 0.25) is 0 Å². The van der Waals surface area contributed by atoms with Gasteiger partial charge in [-0.15, -0.1) is 11.3 Å². The summed E-state index contributed by atoms with van der Waals surface area (Å²) >= 11 is 7.20. The van der Waals surface area contributed by atoms with Crippen LogP contribution in [0, 0.1) is 6.92 Å². The van der Waals surface area contributed by atoms with E-state index in [0.29, 0.717) is 15.7 Å². The molecule has 0 bridgehead atoms. The van der Waals surface area contributed by atoms with Crippen LogP contribution in [-0.2, 0) is 0 Å². The number of anilines is 1. The number of thiazole rings is 1. The van der Waals surface area contributed by atoms with Crippen molar-refractivity contribution in [1.29, 1.82) is 0 Å². The molecule has 1 amide bonds. The lowest BCUT2D eigenvalue weighted by molar-refractivity contribution is 0.103. The van der Waals surface area contributed by atoms with E-state index in [1.807, 2.05) is 6.92 Å². The summed E-state index contributed by atoms with van der Waals surface area (Å²) in [7, 11) is 0. The summed E-state index contributed by atoms with van der Waals surface area (Å²) in [6.07, 6.45) is 3.10. The first kappa shape index (κ1) is 11.0. The molecule has 0 aliphatic rings. The molecule has 2 aromatic heterocycles. The number of pyridine rings is 1. The standard InChI is InChI=1S/C10H8ClN3OS/c1-6-13-5-8(16-6)10(15)14-9-7(11)3-2-4-12-9/h2-5H,1H3,(H,12,14,15). The minimum atomic E-state index is -0.244. The van der Waals surface area contributed by atoms with Crippen molar-refractivity contribution in [1.82, 2.24) is 9.97 Å². The number of halogens is 1. The zero-order valence-corrected chi connectivity index (χ0v) is 9.97. The predicted octanol–water partition coefficient (Wildman–Crippen LogP) is 2.75. The maximum atomic E-state index is 11.7. The lowest BCUT2D eigenvalue weighted by Crippen LogP contribution is -2.11. The number of aromatic nitrogens is 2. The Bertz CT molecular complexity index is 526. The Morgan fingerprint density at radius 3 is 2.94 bits per heavy atom. The smallest absolute Gasteiger partial charge is 0.268 e. The average molecular weight is 254 g/mol. The SMILES string of the molecule is Cc1ncc(C(=O)Nc2ncccc2Cl)s1. The van der Waals surface area contributed by atoms with Crippen LogP contribution < -0.4 is 5.32 Å². The molecule has 0 atom stereocenters. The fraction of sp³-hybridized carbons (Fsp3) is 0.100. The normalized spacial score (nSPS) is 10.1. The lowest BCUT2D eigenvalue weighted by Gasteiger charge is -2.03. The number of carbonyl (C=O) groups is 1. The maximum absolute atomic E-state index is 11.7. The van der Waals surface area contributed by atoms with Gasteiger partial charge in [-0.1, -0.05) is 11.6 Å². The molecule has 82 valence electrons. The molecule has 0 saturated carbocycles. The third kappa shape index (κ3) is 2.37. The molecule has 16 heavy (non-hydrogen) atoms. The molecule has 2 heterocycles. The van der Waals surface area contributed by atoms with E-state index in [9.17, 15) is 4.79 Å². The van der Waals surface area contributed by atoms with E-state index in [1.54, 1.807) is 18.3 Å². The summed E-state index contributed by atoms with van der Waals surface area (Å²) < 4.78 is 0. The Labute approximate surface area is 101 Å². The van der Waals surface area contributed by atoms with Gasteiger partial charge in [0.1, 0.15) is 4.88 Å². The van der Waals surface area contributed by atoms with Crippen molar-refractivity contribution in [3.05, 3.63) is 39.4 Å². The molecule has 2 aromatic rings. The summed E-state index contributed by atoms with van der Waals surface area (Å²) in [5, 5.41) is 3.89. The summed E-state index contributed by atoms with van der Waals surface area (Å²) in [4.78, 5) is 20.3. The Morgan fingerprint density at radius 2 is 2.31 bits per heavy atom. The van der Waals surface area contributed by atoms with Crippen molar-refractivity contribution in [2.75, 3.05) is 5.32 Å². The van der Waals surface area contributed by atoms with E-state index in [4.69, 9.17) is 11.6 Å². The Balaban J connectivity index is 2.17. The molecule has 2 rings (SSSR count). The van der Waals surface area contributed by atoms with E-state index in [-0.39, 0.29) is 5.91 Å². The maximum Gasteiger partial charge on any atom is 0.268 e. The second-order valence-electron chi connectivity index (χ2n) is 3.03. The van der Waals surface area contributed by atoms with Crippen LogP contribution in [0.1, 0.15) is 14.7 Å². The molecular weight excluding hydrogens is 246 g/mol. The van der Waals surface area contributed by atoms with Crippen LogP contribution in [0.15, 0.2) is 24.5 Å². The highest BCUT2D eigenvalue weighted by molar-refractivity contribution is 7.13. The van der Waals surface area contributed by atoms with Crippen molar-refractivity contribution >= 4 is 34.7 Å². The predicted molar refractivity (Wildman–Crippen MR) is 64.1 cm³/mol. The molecular formula is C10H8ClN3OS. The molecule has 0 radical (unpaired) electrons. The number of hydrogen-bond acceptors (Lipinski definition) is 4. The van der Waals surface area contributed by atoms with Gasteiger partial charge >= 0.3 is 0 Å². The fourth-order valence-electron chi connectivity index (χ4n) is 1.11. The van der Waals surface area contributed by atoms with Gasteiger partial charge in [0.05, 0.1) is 16.2 Å². The second kappa shape index (κ2) is 4.59. The Hall–Kier alpha value is -1.46. The van der Waals surface area contributed by atoms with Crippen LogP contribution in [0.5, 0.6) is 0 Å². The highest BCUT2D eigenvalue weighted by Gasteiger charge is 2.11. The summed E-state index contributed by atoms with van der Waals surface area (Å²) in [5.74, 6) is 0.117. The van der Waals surface area contributed by atoms with Gasteiger partial charge in [-0.2, -0.15) is 0 Å². The van der Waals surface area contributed by atoms with Gasteiger partial charge in [0.15, 0.2) is 5.82 Å². The van der Waals surface area contributed by atoms with Crippen LogP contribution in [0.3, 0.4) is 0 Å². The number of hydrogen-bond donors (Lipinski definition) is 1. The van der Waals surface area contributed by atoms with E-state index in [0.717, 1.165) is 5.01 Å². The molecule has 0 unspecified atom stereocenters. The molecule has 0 spiro atoms. The van der Waals surface area contributed by atoms with E-state index >= 15 is 0 Å². The zero-order valence-electron chi connectivity index (χ0n) is 8.40. The molecule has 4 nitrogen and oxygen atoms in total. The van der Waals surface area contributed by atoms with Crippen LogP contribution in [0.2, 0.25) is 5.02 Å². The lowest BCUT2D eigenvalue weighted by atomic mass is 10.4. The third-order valence-electron chi connectivity index (χ3n) is 1.84. The van der Waals surface area contributed by atoms with Gasteiger partial charge in [0.25, 0.3) is 5.91 Å². The van der Waals surface area contributed by atoms with Crippen LogP contribution in [-0.4, -0.2) is 15.9 Å². The number of aryl methyl sites for hydroxylation is 1. The topological polar surface area (TPSA) is 54.9 Å². The van der Waals surface area contributed by atoms with Crippen molar-refractivity contribution < 1.29 is 4.79 Å². The number of amides is 1. The number of nitrogens with zero attached hydrogens (tertiary/aromatic N) is 2. The average Bonchev–Trinajstić information content (AvgIpc) is 2.68. The summed E-state index contributed by atoms with van der Waals surface area (Å²) in [6, 6.07) is 3.37. The van der Waals surface area contributed by atoms with E-state index in [1.165, 1.54) is 17.5 Å². The van der Waals surface area contributed by atoms with Crippen molar-refractivity contribution in [2.45, 2.75) is 6.92 Å². The molecule has 0 fully saturated rings. The quantitative estimate of drug-likeness (QED) is 0.895. The minimum absolute atomic E-state index is 0.244. The van der Waals surface area contributed by atoms with Crippen LogP contribution >= 0.6 is 22.9 Å². The highest BCUT2D eigenvalue weighted by atomic mass is 35.5. The Morgan fingerprint density at radius 1 is 1.50 bits per heavy atom. The van der Waals surface area contributed by atoms with E-state index < -0.39 is 0 Å². The highest BCUT2D eigenvalue weighted by Crippen LogP contribution is 2.19. The van der Waals surface area contributed by atoms with Gasteiger partial charge in [-0.25, -0.2) is 9.97 Å². The van der Waals surface area contributed by atoms with Gasteiger partial charge in [-0.05, 0) is 19.1 Å². The molecule has 1 N–H and O–H groups in total. The first-order chi connectivity index (χ1) is 7.66. The summed E-state index contributed by atoms with van der Waals surface area (Å²) in [5.41, 5.74) is 0. The molecule has 6 heteroatoms. The molecule has 0 aliphatic heterocycles. The van der Waals surface area contributed by atoms with Gasteiger partial charge < -0.3 is 5.32 Å². The largest absolute Gasteiger partial charge is 0.305 e.